The van der Waals surface area contributed by atoms with E-state index < -0.39 is 5.97 Å². The van der Waals surface area contributed by atoms with Gasteiger partial charge in [-0.05, 0) is 23.8 Å². The monoisotopic (exact) mass is 422 g/mol. The van der Waals surface area contributed by atoms with Gasteiger partial charge in [0.05, 0.1) is 23.0 Å². The standard InChI is InChI=1S/C25H18N4O3/c30-24(21-14-26-22-9-5-4-8-18(21)22)29-17-11-19-16(12-27-23(19)28-13-17)10-20(25(31)32)15-6-2-1-3-7-15/h1-14,26H,(H,27,28)(H,29,30)(H,31,32). The average molecular weight is 422 g/mol. The number of amides is 1. The number of fused-ring (bicyclic) bond motifs is 2. The highest BCUT2D eigenvalue weighted by molar-refractivity contribution is 6.21. The molecule has 0 aliphatic heterocycles. The van der Waals surface area contributed by atoms with E-state index in [-0.39, 0.29) is 11.5 Å². The van der Waals surface area contributed by atoms with Crippen LogP contribution < -0.4 is 5.32 Å². The number of nitrogens with one attached hydrogen (secondary N) is 3. The van der Waals surface area contributed by atoms with Crippen LogP contribution in [-0.4, -0.2) is 31.9 Å². The zero-order chi connectivity index (χ0) is 22.1. The molecule has 0 aliphatic carbocycles. The van der Waals surface area contributed by atoms with Crippen LogP contribution in [-0.2, 0) is 4.79 Å². The molecule has 0 atom stereocenters. The molecule has 5 rings (SSSR count). The highest BCUT2D eigenvalue weighted by atomic mass is 16.4. The summed E-state index contributed by atoms with van der Waals surface area (Å²) < 4.78 is 0. The number of carbonyl (C=O) groups is 2. The molecular weight excluding hydrogens is 404 g/mol. The van der Waals surface area contributed by atoms with E-state index in [0.717, 1.165) is 10.9 Å². The summed E-state index contributed by atoms with van der Waals surface area (Å²) in [6.45, 7) is 0. The molecule has 3 aromatic heterocycles. The Labute approximate surface area is 182 Å². The van der Waals surface area contributed by atoms with Crippen molar-refractivity contribution in [3.8, 4) is 0 Å². The number of hydrogen-bond donors (Lipinski definition) is 4. The number of nitrogens with zero attached hydrogens (tertiary/aromatic N) is 1. The summed E-state index contributed by atoms with van der Waals surface area (Å²) >= 11 is 0. The van der Waals surface area contributed by atoms with Crippen LogP contribution in [0.3, 0.4) is 0 Å². The van der Waals surface area contributed by atoms with Crippen molar-refractivity contribution in [2.75, 3.05) is 5.32 Å². The van der Waals surface area contributed by atoms with Crippen LogP contribution in [0.15, 0.2) is 79.3 Å². The Hall–Kier alpha value is -4.65. The average Bonchev–Trinajstić information content (AvgIpc) is 3.42. The number of hydrogen-bond acceptors (Lipinski definition) is 3. The van der Waals surface area contributed by atoms with Gasteiger partial charge in [-0.25, -0.2) is 9.78 Å². The number of H-pyrrole nitrogens is 2. The molecule has 2 aromatic carbocycles. The first-order valence-electron chi connectivity index (χ1n) is 9.95. The van der Waals surface area contributed by atoms with Crippen molar-refractivity contribution in [2.24, 2.45) is 0 Å². The third-order valence-electron chi connectivity index (χ3n) is 5.27. The third-order valence-corrected chi connectivity index (χ3v) is 5.27. The Morgan fingerprint density at radius 2 is 1.72 bits per heavy atom. The topological polar surface area (TPSA) is 111 Å². The van der Waals surface area contributed by atoms with Gasteiger partial charge in [-0.2, -0.15) is 0 Å². The van der Waals surface area contributed by atoms with Crippen LogP contribution in [0, 0.1) is 0 Å². The number of anilines is 1. The van der Waals surface area contributed by atoms with E-state index in [1.807, 2.05) is 30.3 Å². The maximum Gasteiger partial charge on any atom is 0.336 e. The van der Waals surface area contributed by atoms with Gasteiger partial charge in [-0.1, -0.05) is 48.5 Å². The number of aliphatic carboxylic acids is 1. The minimum Gasteiger partial charge on any atom is -0.478 e. The number of para-hydroxylation sites is 1. The van der Waals surface area contributed by atoms with Gasteiger partial charge in [0.2, 0.25) is 0 Å². The van der Waals surface area contributed by atoms with Gasteiger partial charge in [0.15, 0.2) is 0 Å². The number of aromatic nitrogens is 3. The fraction of sp³-hybridized carbons (Fsp3) is 0. The fourth-order valence-electron chi connectivity index (χ4n) is 3.71. The lowest BCUT2D eigenvalue weighted by molar-refractivity contribution is -0.130. The largest absolute Gasteiger partial charge is 0.478 e. The van der Waals surface area contributed by atoms with Gasteiger partial charge >= 0.3 is 5.97 Å². The normalized spacial score (nSPS) is 11.7. The van der Waals surface area contributed by atoms with Gasteiger partial charge < -0.3 is 20.4 Å². The number of pyridine rings is 1. The minimum atomic E-state index is -1.03. The molecule has 0 bridgehead atoms. The van der Waals surface area contributed by atoms with Crippen molar-refractivity contribution in [1.29, 1.82) is 0 Å². The summed E-state index contributed by atoms with van der Waals surface area (Å²) in [4.78, 5) is 35.2. The predicted molar refractivity (Wildman–Crippen MR) is 124 cm³/mol. The first-order valence-corrected chi connectivity index (χ1v) is 9.95. The SMILES string of the molecule is O=C(O)C(=Cc1c[nH]c2ncc(NC(=O)c3c[nH]c4ccccc34)cc12)c1ccccc1. The van der Waals surface area contributed by atoms with Crippen LogP contribution in [0.5, 0.6) is 0 Å². The van der Waals surface area contributed by atoms with E-state index in [4.69, 9.17) is 0 Å². The van der Waals surface area contributed by atoms with Crippen LogP contribution in [0.2, 0.25) is 0 Å². The van der Waals surface area contributed by atoms with Crippen molar-refractivity contribution in [1.82, 2.24) is 15.0 Å². The van der Waals surface area contributed by atoms with Gasteiger partial charge in [0, 0.05) is 34.2 Å². The van der Waals surface area contributed by atoms with Gasteiger partial charge in [0.1, 0.15) is 5.65 Å². The molecule has 156 valence electrons. The molecule has 7 heteroatoms. The van der Waals surface area contributed by atoms with Crippen LogP contribution in [0.25, 0.3) is 33.6 Å². The summed E-state index contributed by atoms with van der Waals surface area (Å²) in [5.74, 6) is -1.28. The fourth-order valence-corrected chi connectivity index (χ4v) is 3.71. The van der Waals surface area contributed by atoms with Gasteiger partial charge in [-0.15, -0.1) is 0 Å². The van der Waals surface area contributed by atoms with E-state index >= 15 is 0 Å². The molecule has 32 heavy (non-hydrogen) atoms. The molecule has 0 fully saturated rings. The number of aromatic amines is 2. The lowest BCUT2D eigenvalue weighted by atomic mass is 10.0. The minimum absolute atomic E-state index is 0.166. The Balaban J connectivity index is 1.50. The smallest absolute Gasteiger partial charge is 0.336 e. The van der Waals surface area contributed by atoms with Crippen LogP contribution >= 0.6 is 0 Å². The Kier molecular flexibility index (Phi) is 4.76. The summed E-state index contributed by atoms with van der Waals surface area (Å²) in [5, 5.41) is 14.1. The molecule has 7 nitrogen and oxygen atoms in total. The third kappa shape index (κ3) is 3.52. The van der Waals surface area contributed by atoms with E-state index in [9.17, 15) is 14.7 Å². The molecule has 0 aliphatic rings. The van der Waals surface area contributed by atoms with E-state index in [1.54, 1.807) is 55.0 Å². The maximum atomic E-state index is 12.8. The van der Waals surface area contributed by atoms with Gasteiger partial charge in [0.25, 0.3) is 5.91 Å². The first-order chi connectivity index (χ1) is 15.6. The maximum absolute atomic E-state index is 12.8. The van der Waals surface area contributed by atoms with Crippen LogP contribution in [0.4, 0.5) is 5.69 Å². The quantitative estimate of drug-likeness (QED) is 0.301. The van der Waals surface area contributed by atoms with Crippen molar-refractivity contribution in [3.05, 3.63) is 95.9 Å². The summed E-state index contributed by atoms with van der Waals surface area (Å²) in [6, 6.07) is 18.3. The number of carboxylic acid groups (broad SMARTS) is 1. The number of carbonyl (C=O) groups excluding carboxylic acids is 1. The summed E-state index contributed by atoms with van der Waals surface area (Å²) in [5.41, 5.74) is 3.96. The molecule has 3 heterocycles. The molecule has 0 spiro atoms. The van der Waals surface area contributed by atoms with E-state index in [2.05, 4.69) is 20.3 Å². The van der Waals surface area contributed by atoms with E-state index in [0.29, 0.717) is 33.4 Å². The summed E-state index contributed by atoms with van der Waals surface area (Å²) in [7, 11) is 0. The molecule has 0 unspecified atom stereocenters. The lowest BCUT2D eigenvalue weighted by Crippen LogP contribution is -2.11. The molecule has 0 saturated heterocycles. The highest BCUT2D eigenvalue weighted by Crippen LogP contribution is 2.26. The molecule has 0 saturated carbocycles. The van der Waals surface area contributed by atoms with Crippen molar-refractivity contribution < 1.29 is 14.7 Å². The number of carboxylic acids is 1. The zero-order valence-electron chi connectivity index (χ0n) is 16.8. The molecule has 5 aromatic rings. The van der Waals surface area contributed by atoms with E-state index in [1.165, 1.54) is 0 Å². The Morgan fingerprint density at radius 1 is 0.938 bits per heavy atom. The first kappa shape index (κ1) is 19.3. The van der Waals surface area contributed by atoms with Crippen molar-refractivity contribution >= 4 is 51.1 Å². The molecule has 4 N–H and O–H groups in total. The second-order valence-electron chi connectivity index (χ2n) is 7.30. The van der Waals surface area contributed by atoms with Gasteiger partial charge in [-0.3, -0.25) is 4.79 Å². The predicted octanol–water partition coefficient (Wildman–Crippen LogP) is 4.92. The Bertz CT molecular complexity index is 1500. The van der Waals surface area contributed by atoms with Crippen LogP contribution in [0.1, 0.15) is 21.5 Å². The number of rotatable bonds is 5. The van der Waals surface area contributed by atoms with Crippen molar-refractivity contribution in [3.63, 3.8) is 0 Å². The zero-order valence-corrected chi connectivity index (χ0v) is 16.8. The molecule has 0 radical (unpaired) electrons. The molecular formula is C25H18N4O3. The molecule has 1 amide bonds. The van der Waals surface area contributed by atoms with Crippen molar-refractivity contribution in [2.45, 2.75) is 0 Å². The number of benzene rings is 2. The second-order valence-corrected chi connectivity index (χ2v) is 7.30. The second kappa shape index (κ2) is 7.88. The Morgan fingerprint density at radius 3 is 2.53 bits per heavy atom. The lowest BCUT2D eigenvalue weighted by Gasteiger charge is -2.05. The highest BCUT2D eigenvalue weighted by Gasteiger charge is 2.15. The summed E-state index contributed by atoms with van der Waals surface area (Å²) in [6.07, 6.45) is 6.54.